The first-order chi connectivity index (χ1) is 10.2. The molecule has 5 heteroatoms. The minimum Gasteiger partial charge on any atom is -0.459 e. The van der Waals surface area contributed by atoms with Gasteiger partial charge in [0.1, 0.15) is 0 Å². The van der Waals surface area contributed by atoms with Crippen LogP contribution in [0.25, 0.3) is 0 Å². The van der Waals surface area contributed by atoms with Crippen molar-refractivity contribution in [2.24, 2.45) is 0 Å². The molecule has 0 spiro atoms. The molecule has 0 aliphatic carbocycles. The predicted octanol–water partition coefficient (Wildman–Crippen LogP) is 2.62. The molecule has 2 N–H and O–H groups in total. The highest BCUT2D eigenvalue weighted by Gasteiger charge is 2.20. The lowest BCUT2D eigenvalue weighted by Crippen LogP contribution is -2.43. The largest absolute Gasteiger partial charge is 0.459 e. The second kappa shape index (κ2) is 7.28. The topological polar surface area (TPSA) is 71.3 Å². The van der Waals surface area contributed by atoms with Crippen molar-refractivity contribution in [3.05, 3.63) is 60.1 Å². The molecule has 0 aliphatic heterocycles. The number of amides is 2. The summed E-state index contributed by atoms with van der Waals surface area (Å²) in [5, 5.41) is 0. The highest BCUT2D eigenvalue weighted by Crippen LogP contribution is 2.20. The molecule has 1 atom stereocenters. The molecule has 0 radical (unpaired) electrons. The fourth-order valence-corrected chi connectivity index (χ4v) is 2.10. The Balaban J connectivity index is 1.98. The van der Waals surface area contributed by atoms with Crippen LogP contribution in [-0.4, -0.2) is 11.8 Å². The summed E-state index contributed by atoms with van der Waals surface area (Å²) in [6.45, 7) is 2.02. The van der Waals surface area contributed by atoms with E-state index in [1.54, 1.807) is 6.07 Å². The summed E-state index contributed by atoms with van der Waals surface area (Å²) in [7, 11) is 0. The molecule has 1 aromatic carbocycles. The number of rotatable bonds is 5. The maximum atomic E-state index is 12.3. The normalized spacial score (nSPS) is 11.7. The van der Waals surface area contributed by atoms with Crippen LogP contribution in [0.1, 0.15) is 41.8 Å². The molecule has 1 heterocycles. The first-order valence-electron chi connectivity index (χ1n) is 6.91. The average Bonchev–Trinajstić information content (AvgIpc) is 3.05. The van der Waals surface area contributed by atoms with E-state index in [1.165, 1.54) is 12.3 Å². The second-order valence-corrected chi connectivity index (χ2v) is 4.67. The number of benzene rings is 1. The van der Waals surface area contributed by atoms with Crippen LogP contribution in [0.2, 0.25) is 0 Å². The van der Waals surface area contributed by atoms with E-state index < -0.39 is 5.91 Å². The average molecular weight is 286 g/mol. The SMILES string of the molecule is CCC[C@H](C(=O)NNC(=O)c1ccco1)c1ccccc1. The summed E-state index contributed by atoms with van der Waals surface area (Å²) < 4.78 is 4.96. The molecule has 0 saturated carbocycles. The molecule has 0 aliphatic rings. The van der Waals surface area contributed by atoms with Crippen LogP contribution in [0.5, 0.6) is 0 Å². The van der Waals surface area contributed by atoms with Crippen molar-refractivity contribution in [3.8, 4) is 0 Å². The smallest absolute Gasteiger partial charge is 0.305 e. The number of hydrogen-bond acceptors (Lipinski definition) is 3. The van der Waals surface area contributed by atoms with Gasteiger partial charge in [0.05, 0.1) is 12.2 Å². The number of furan rings is 1. The van der Waals surface area contributed by atoms with Gasteiger partial charge in [-0.3, -0.25) is 20.4 Å². The van der Waals surface area contributed by atoms with Gasteiger partial charge in [0.25, 0.3) is 0 Å². The van der Waals surface area contributed by atoms with Crippen molar-refractivity contribution in [2.45, 2.75) is 25.7 Å². The summed E-state index contributed by atoms with van der Waals surface area (Å²) in [6.07, 6.45) is 2.99. The number of carbonyl (C=O) groups excluding carboxylic acids is 2. The fraction of sp³-hybridized carbons (Fsp3) is 0.250. The van der Waals surface area contributed by atoms with Crippen LogP contribution in [0.4, 0.5) is 0 Å². The Morgan fingerprint density at radius 1 is 1.10 bits per heavy atom. The van der Waals surface area contributed by atoms with Gasteiger partial charge in [0.15, 0.2) is 5.76 Å². The van der Waals surface area contributed by atoms with Crippen molar-refractivity contribution in [1.82, 2.24) is 10.9 Å². The van der Waals surface area contributed by atoms with Gasteiger partial charge in [-0.1, -0.05) is 43.7 Å². The minimum absolute atomic E-state index is 0.155. The van der Waals surface area contributed by atoms with Crippen LogP contribution in [0.3, 0.4) is 0 Å². The van der Waals surface area contributed by atoms with E-state index in [1.807, 2.05) is 37.3 Å². The van der Waals surface area contributed by atoms with Crippen molar-refractivity contribution >= 4 is 11.8 Å². The standard InChI is InChI=1S/C16H18N2O3/c1-2-7-13(12-8-4-3-5-9-12)15(19)17-18-16(20)14-10-6-11-21-14/h3-6,8-11,13H,2,7H2,1H3,(H,17,19)(H,18,20)/t13-/m0/s1. The molecular weight excluding hydrogens is 268 g/mol. The Morgan fingerprint density at radius 2 is 1.86 bits per heavy atom. The number of nitrogens with one attached hydrogen (secondary N) is 2. The zero-order chi connectivity index (χ0) is 15.1. The third-order valence-corrected chi connectivity index (χ3v) is 3.14. The number of hydrazine groups is 1. The lowest BCUT2D eigenvalue weighted by Gasteiger charge is -2.16. The molecule has 2 aromatic rings. The van der Waals surface area contributed by atoms with Gasteiger partial charge in [-0.2, -0.15) is 0 Å². The van der Waals surface area contributed by atoms with E-state index in [-0.39, 0.29) is 17.6 Å². The lowest BCUT2D eigenvalue weighted by molar-refractivity contribution is -0.123. The molecule has 2 rings (SSSR count). The quantitative estimate of drug-likeness (QED) is 0.830. The Kier molecular flexibility index (Phi) is 5.15. The van der Waals surface area contributed by atoms with Crippen molar-refractivity contribution < 1.29 is 14.0 Å². The first-order valence-corrected chi connectivity index (χ1v) is 6.91. The van der Waals surface area contributed by atoms with Crippen LogP contribution in [-0.2, 0) is 4.79 Å². The Hall–Kier alpha value is -2.56. The monoisotopic (exact) mass is 286 g/mol. The number of carbonyl (C=O) groups is 2. The van der Waals surface area contributed by atoms with Crippen LogP contribution in [0.15, 0.2) is 53.1 Å². The van der Waals surface area contributed by atoms with Gasteiger partial charge in [0.2, 0.25) is 5.91 Å². The molecule has 0 saturated heterocycles. The van der Waals surface area contributed by atoms with Crippen LogP contribution >= 0.6 is 0 Å². The third-order valence-electron chi connectivity index (χ3n) is 3.14. The Morgan fingerprint density at radius 3 is 2.48 bits per heavy atom. The summed E-state index contributed by atoms with van der Waals surface area (Å²) in [6, 6.07) is 12.7. The van der Waals surface area contributed by atoms with E-state index in [0.29, 0.717) is 6.42 Å². The van der Waals surface area contributed by atoms with Crippen LogP contribution in [0, 0.1) is 0 Å². The zero-order valence-corrected chi connectivity index (χ0v) is 11.8. The maximum absolute atomic E-state index is 12.3. The molecule has 0 bridgehead atoms. The van der Waals surface area contributed by atoms with E-state index in [2.05, 4.69) is 10.9 Å². The molecule has 0 unspecified atom stereocenters. The summed E-state index contributed by atoms with van der Waals surface area (Å²) in [4.78, 5) is 24.0. The van der Waals surface area contributed by atoms with E-state index >= 15 is 0 Å². The van der Waals surface area contributed by atoms with Gasteiger partial charge in [0, 0.05) is 0 Å². The van der Waals surface area contributed by atoms with Crippen molar-refractivity contribution in [2.75, 3.05) is 0 Å². The first kappa shape index (κ1) is 14.8. The molecular formula is C16H18N2O3. The Labute approximate surface area is 123 Å². The second-order valence-electron chi connectivity index (χ2n) is 4.67. The van der Waals surface area contributed by atoms with E-state index in [4.69, 9.17) is 4.42 Å². The molecule has 2 amide bonds. The zero-order valence-electron chi connectivity index (χ0n) is 11.8. The van der Waals surface area contributed by atoms with Crippen molar-refractivity contribution in [3.63, 3.8) is 0 Å². The van der Waals surface area contributed by atoms with Crippen LogP contribution < -0.4 is 10.9 Å². The molecule has 110 valence electrons. The van der Waals surface area contributed by atoms with Gasteiger partial charge >= 0.3 is 5.91 Å². The highest BCUT2D eigenvalue weighted by atomic mass is 16.3. The van der Waals surface area contributed by atoms with Crippen molar-refractivity contribution in [1.29, 1.82) is 0 Å². The predicted molar refractivity (Wildman–Crippen MR) is 78.4 cm³/mol. The van der Waals surface area contributed by atoms with Gasteiger partial charge in [-0.25, -0.2) is 0 Å². The molecule has 5 nitrogen and oxygen atoms in total. The van der Waals surface area contributed by atoms with E-state index in [9.17, 15) is 9.59 Å². The van der Waals surface area contributed by atoms with Gasteiger partial charge < -0.3 is 4.42 Å². The Bertz CT molecular complexity index is 579. The third kappa shape index (κ3) is 3.95. The summed E-state index contributed by atoms with van der Waals surface area (Å²) in [5.41, 5.74) is 5.75. The lowest BCUT2D eigenvalue weighted by atomic mass is 9.94. The molecule has 0 fully saturated rings. The van der Waals surface area contributed by atoms with E-state index in [0.717, 1.165) is 12.0 Å². The fourth-order valence-electron chi connectivity index (χ4n) is 2.10. The number of hydrogen-bond donors (Lipinski definition) is 2. The summed E-state index contributed by atoms with van der Waals surface area (Å²) in [5.74, 6) is -0.838. The van der Waals surface area contributed by atoms with Gasteiger partial charge in [-0.15, -0.1) is 0 Å². The molecule has 21 heavy (non-hydrogen) atoms. The highest BCUT2D eigenvalue weighted by molar-refractivity contribution is 5.93. The molecule has 1 aromatic heterocycles. The van der Waals surface area contributed by atoms with Gasteiger partial charge in [-0.05, 0) is 24.1 Å². The summed E-state index contributed by atoms with van der Waals surface area (Å²) >= 11 is 0. The minimum atomic E-state index is -0.475. The maximum Gasteiger partial charge on any atom is 0.305 e.